The van der Waals surface area contributed by atoms with E-state index in [0.29, 0.717) is 70.4 Å². The lowest BCUT2D eigenvalue weighted by Crippen LogP contribution is -2.69. The number of methoxy groups -OCH3 is 2. The predicted octanol–water partition coefficient (Wildman–Crippen LogP) is 4.43. The molecular formula is C44H46N4O12S. The summed E-state index contributed by atoms with van der Waals surface area (Å²) in [5, 5.41) is 14.2. The van der Waals surface area contributed by atoms with Crippen LogP contribution >= 0.6 is 11.8 Å². The van der Waals surface area contributed by atoms with E-state index in [2.05, 4.69) is 21.2 Å². The molecule has 2 saturated heterocycles. The first kappa shape index (κ1) is 40.8. The topological polar surface area (TPSA) is 184 Å². The number of nitriles is 1. The van der Waals surface area contributed by atoms with Crippen LogP contribution in [0.1, 0.15) is 82.6 Å². The second-order valence-electron chi connectivity index (χ2n) is 16.2. The Kier molecular flexibility index (Phi) is 10.1. The smallest absolute Gasteiger partial charge is 0.331 e. The Morgan fingerprint density at radius 1 is 0.885 bits per heavy atom. The summed E-state index contributed by atoms with van der Waals surface area (Å²) in [6, 6.07) is 5.14. The zero-order chi connectivity index (χ0) is 43.2. The molecule has 16 nitrogen and oxygen atoms in total. The van der Waals surface area contributed by atoms with Crippen molar-refractivity contribution in [1.29, 1.82) is 5.26 Å². The fourth-order valence-electron chi connectivity index (χ4n) is 10.6. The van der Waals surface area contributed by atoms with E-state index in [1.54, 1.807) is 12.1 Å². The molecule has 7 aliphatic heterocycles. The molecule has 3 aromatic rings. The normalized spacial score (nSPS) is 27.0. The number of thioether (sulfide) groups is 1. The van der Waals surface area contributed by atoms with Gasteiger partial charge in [0.05, 0.1) is 37.6 Å². The van der Waals surface area contributed by atoms with Crippen molar-refractivity contribution in [2.75, 3.05) is 47.0 Å². The minimum absolute atomic E-state index is 0.0885. The average Bonchev–Trinajstić information content (AvgIpc) is 3.70. The second-order valence-corrected chi connectivity index (χ2v) is 17.4. The molecule has 0 amide bonds. The predicted molar refractivity (Wildman–Crippen MR) is 217 cm³/mol. The number of rotatable bonds is 5. The highest BCUT2D eigenvalue weighted by Crippen LogP contribution is 2.65. The molecule has 0 radical (unpaired) electrons. The number of ether oxygens (including phenoxy) is 8. The van der Waals surface area contributed by atoms with Crippen LogP contribution in [0.4, 0.5) is 0 Å². The molecular weight excluding hydrogens is 809 g/mol. The number of nitrogens with one attached hydrogen (secondary N) is 1. The zero-order valence-electron chi connectivity index (χ0n) is 35.1. The zero-order valence-corrected chi connectivity index (χ0v) is 35.9. The average molecular weight is 855 g/mol. The molecule has 7 heterocycles. The fraction of sp³-hybridized carbons (Fsp3) is 0.477. The molecule has 2 fully saturated rings. The number of fused-ring (bicyclic) bond motifs is 9. The van der Waals surface area contributed by atoms with Gasteiger partial charge in [-0.2, -0.15) is 5.26 Å². The highest BCUT2D eigenvalue weighted by atomic mass is 32.2. The van der Waals surface area contributed by atoms with Crippen molar-refractivity contribution in [3.63, 3.8) is 0 Å². The van der Waals surface area contributed by atoms with Gasteiger partial charge in [-0.3, -0.25) is 29.5 Å². The largest absolute Gasteiger partial charge is 0.493 e. The van der Waals surface area contributed by atoms with Crippen LogP contribution in [0.2, 0.25) is 0 Å². The van der Waals surface area contributed by atoms with Gasteiger partial charge in [0.1, 0.15) is 18.4 Å². The van der Waals surface area contributed by atoms with Gasteiger partial charge >= 0.3 is 23.9 Å². The SMILES string of the molecule is COc1cc2c(cc1OC(C)=O)CCN[C@]21CS[C@@H]2c3c(OC(C)=O)c(C)c4c(c3[C@H](COC1=O)N1C2C2c3c(cc(C)c(OC)c3OC(C)=O)C[C@@H]([C@@H]1C#N)N2C)OCO4. The van der Waals surface area contributed by atoms with E-state index in [-0.39, 0.29) is 36.7 Å². The molecule has 10 rings (SSSR count). The summed E-state index contributed by atoms with van der Waals surface area (Å²) in [4.78, 5) is 57.4. The third-order valence-corrected chi connectivity index (χ3v) is 14.4. The summed E-state index contributed by atoms with van der Waals surface area (Å²) >= 11 is 1.46. The van der Waals surface area contributed by atoms with Gasteiger partial charge in [-0.1, -0.05) is 6.07 Å². The van der Waals surface area contributed by atoms with Gasteiger partial charge in [-0.15, -0.1) is 11.8 Å². The molecule has 0 aliphatic carbocycles. The molecule has 1 spiro atoms. The van der Waals surface area contributed by atoms with Gasteiger partial charge in [0.2, 0.25) is 6.79 Å². The van der Waals surface area contributed by atoms with Crippen LogP contribution in [0.15, 0.2) is 18.2 Å². The van der Waals surface area contributed by atoms with Gasteiger partial charge < -0.3 is 37.9 Å². The standard InChI is InChI=1S/C44H46N4O12S/c1-19-11-25-12-27-28(15-45)48-29-16-55-43(52)44(26-14-30(53-7)31(58-21(3)49)13-24(26)9-10-46-44)17-61-42(34-33(29)40-39(56-18-57-40)20(2)38(34)59-22(4)50)36(48)35(47(27)6)32(25)41(37(19)54-8)60-23(5)51/h11,13-14,27-29,35-36,42,46H,9-10,12,16-18H2,1-8H3/t27-,28-,29-,35?,36?,42+,44+/m0/s1. The van der Waals surface area contributed by atoms with E-state index < -0.39 is 58.8 Å². The van der Waals surface area contributed by atoms with E-state index in [1.165, 1.54) is 46.8 Å². The van der Waals surface area contributed by atoms with Crippen molar-refractivity contribution < 1.29 is 57.1 Å². The Morgan fingerprint density at radius 3 is 2.30 bits per heavy atom. The highest BCUT2D eigenvalue weighted by Gasteiger charge is 2.62. The molecule has 0 aromatic heterocycles. The molecule has 7 atom stereocenters. The van der Waals surface area contributed by atoms with Crippen LogP contribution in [-0.2, 0) is 42.3 Å². The van der Waals surface area contributed by atoms with Gasteiger partial charge in [0.15, 0.2) is 40.0 Å². The quantitative estimate of drug-likeness (QED) is 0.281. The number of hydrogen-bond acceptors (Lipinski definition) is 17. The van der Waals surface area contributed by atoms with Crippen LogP contribution in [0.25, 0.3) is 0 Å². The van der Waals surface area contributed by atoms with Crippen LogP contribution in [-0.4, -0.2) is 98.8 Å². The third kappa shape index (κ3) is 6.12. The lowest BCUT2D eigenvalue weighted by atomic mass is 9.71. The van der Waals surface area contributed by atoms with Gasteiger partial charge in [-0.25, -0.2) is 4.79 Å². The number of hydrogen-bond donors (Lipinski definition) is 1. The van der Waals surface area contributed by atoms with Crippen LogP contribution in [0.5, 0.6) is 40.2 Å². The maximum absolute atomic E-state index is 15.0. The van der Waals surface area contributed by atoms with Crippen LogP contribution in [0, 0.1) is 25.2 Å². The van der Waals surface area contributed by atoms with E-state index in [9.17, 15) is 24.4 Å². The molecule has 320 valence electrons. The number of nitrogens with zero attached hydrogens (tertiary/aromatic N) is 3. The lowest BCUT2D eigenvalue weighted by Gasteiger charge is -2.62. The molecule has 1 N–H and O–H groups in total. The minimum Gasteiger partial charge on any atom is -0.493 e. The fourth-order valence-corrected chi connectivity index (χ4v) is 12.3. The maximum Gasteiger partial charge on any atom is 0.331 e. The molecule has 3 aromatic carbocycles. The summed E-state index contributed by atoms with van der Waals surface area (Å²) in [6.45, 7) is 7.80. The molecule has 17 heteroatoms. The van der Waals surface area contributed by atoms with Crippen molar-refractivity contribution in [1.82, 2.24) is 15.1 Å². The maximum atomic E-state index is 15.0. The van der Waals surface area contributed by atoms with Crippen molar-refractivity contribution in [3.8, 4) is 46.3 Å². The molecule has 4 bridgehead atoms. The van der Waals surface area contributed by atoms with Crippen molar-refractivity contribution >= 4 is 35.6 Å². The first-order valence-electron chi connectivity index (χ1n) is 20.1. The van der Waals surface area contributed by atoms with Gasteiger partial charge in [0, 0.05) is 67.4 Å². The van der Waals surface area contributed by atoms with E-state index >= 15 is 0 Å². The number of likely N-dealkylation sites (N-methyl/N-ethyl adjacent to an activating group) is 1. The summed E-state index contributed by atoms with van der Waals surface area (Å²) < 4.78 is 48.3. The van der Waals surface area contributed by atoms with E-state index in [4.69, 9.17) is 37.9 Å². The van der Waals surface area contributed by atoms with Crippen molar-refractivity contribution in [3.05, 3.63) is 62.7 Å². The molecule has 7 aliphatic rings. The third-order valence-electron chi connectivity index (χ3n) is 12.9. The highest BCUT2D eigenvalue weighted by molar-refractivity contribution is 7.99. The van der Waals surface area contributed by atoms with E-state index in [1.807, 2.05) is 27.0 Å². The van der Waals surface area contributed by atoms with Crippen LogP contribution < -0.4 is 38.5 Å². The monoisotopic (exact) mass is 854 g/mol. The Hall–Kier alpha value is -5.54. The van der Waals surface area contributed by atoms with Gasteiger partial charge in [0.25, 0.3) is 0 Å². The van der Waals surface area contributed by atoms with Crippen molar-refractivity contribution in [2.24, 2.45) is 0 Å². The number of benzene rings is 3. The first-order chi connectivity index (χ1) is 29.2. The lowest BCUT2D eigenvalue weighted by molar-refractivity contribution is -0.157. The Labute approximate surface area is 356 Å². The summed E-state index contributed by atoms with van der Waals surface area (Å²) in [5.41, 5.74) is 4.23. The first-order valence-corrected chi connectivity index (χ1v) is 21.1. The second kappa shape index (κ2) is 15.1. The summed E-state index contributed by atoms with van der Waals surface area (Å²) in [7, 11) is 4.98. The van der Waals surface area contributed by atoms with E-state index in [0.717, 1.165) is 22.3 Å². The summed E-state index contributed by atoms with van der Waals surface area (Å²) in [6.07, 6.45) is 0.970. The molecule has 2 unspecified atom stereocenters. The number of aryl methyl sites for hydroxylation is 1. The Balaban J connectivity index is 1.33. The van der Waals surface area contributed by atoms with Gasteiger partial charge in [-0.05, 0) is 68.1 Å². The molecule has 0 saturated carbocycles. The Morgan fingerprint density at radius 2 is 1.61 bits per heavy atom. The number of piperazine rings is 1. The summed E-state index contributed by atoms with van der Waals surface area (Å²) in [5.74, 6) is 0.351. The Bertz CT molecular complexity index is 2470. The number of carbonyl (C=O) groups excluding carboxylic acids is 4. The molecule has 61 heavy (non-hydrogen) atoms. The number of carbonyl (C=O) groups is 4. The van der Waals surface area contributed by atoms with Crippen LogP contribution in [0.3, 0.4) is 0 Å². The minimum atomic E-state index is -1.43. The number of esters is 4. The van der Waals surface area contributed by atoms with Crippen molar-refractivity contribution in [2.45, 2.75) is 88.5 Å².